The van der Waals surface area contributed by atoms with Gasteiger partial charge in [-0.3, -0.25) is 0 Å². The Balaban J connectivity index is 1.61. The highest BCUT2D eigenvalue weighted by molar-refractivity contribution is 5.77. The molecule has 1 aromatic rings. The third-order valence-corrected chi connectivity index (χ3v) is 7.59. The van der Waals surface area contributed by atoms with Crippen LogP contribution in [-0.4, -0.2) is 36.1 Å². The van der Waals surface area contributed by atoms with Gasteiger partial charge in [0.1, 0.15) is 5.82 Å². The Morgan fingerprint density at radius 2 is 2.00 bits per heavy atom. The van der Waals surface area contributed by atoms with Crippen molar-refractivity contribution in [1.82, 2.24) is 15.5 Å². The lowest BCUT2D eigenvalue weighted by atomic mass is 9.74. The van der Waals surface area contributed by atoms with Crippen LogP contribution in [0.1, 0.15) is 76.8 Å². The van der Waals surface area contributed by atoms with E-state index in [1.54, 1.807) is 0 Å². The maximum atomic E-state index is 13.7. The summed E-state index contributed by atoms with van der Waals surface area (Å²) in [6, 6.07) is 6.99. The molecule has 174 valence electrons. The molecule has 3 aliphatic rings. The second-order valence-corrected chi connectivity index (χ2v) is 10.2. The van der Waals surface area contributed by atoms with Gasteiger partial charge in [-0.25, -0.2) is 9.18 Å². The van der Waals surface area contributed by atoms with Crippen molar-refractivity contribution < 1.29 is 9.18 Å². The Morgan fingerprint density at radius 1 is 1.25 bits per heavy atom. The molecule has 2 amide bonds. The maximum absolute atomic E-state index is 13.7. The third kappa shape index (κ3) is 4.93. The van der Waals surface area contributed by atoms with E-state index in [1.807, 2.05) is 24.1 Å². The number of amides is 2. The average molecular weight is 440 g/mol. The Kier molecular flexibility index (Phi) is 7.04. The zero-order valence-corrected chi connectivity index (χ0v) is 19.8. The van der Waals surface area contributed by atoms with E-state index < -0.39 is 0 Å². The zero-order valence-electron chi connectivity index (χ0n) is 19.8. The minimum Gasteiger partial charge on any atom is -0.333 e. The number of nitrogens with zero attached hydrogens (tertiary/aromatic N) is 1. The summed E-state index contributed by atoms with van der Waals surface area (Å²) in [6.07, 6.45) is 13.3. The normalized spacial score (nSPS) is 29.9. The largest absolute Gasteiger partial charge is 0.333 e. The maximum Gasteiger partial charge on any atom is 0.318 e. The molecule has 0 aromatic heterocycles. The zero-order chi connectivity index (χ0) is 22.7. The molecule has 1 heterocycles. The van der Waals surface area contributed by atoms with E-state index >= 15 is 0 Å². The van der Waals surface area contributed by atoms with Gasteiger partial charge in [0.05, 0.1) is 6.04 Å². The molecule has 0 saturated heterocycles. The molecule has 0 spiro atoms. The fourth-order valence-electron chi connectivity index (χ4n) is 5.74. The second kappa shape index (κ2) is 9.78. The number of hydrogen-bond donors (Lipinski definition) is 2. The molecule has 1 fully saturated rings. The van der Waals surface area contributed by atoms with Crippen molar-refractivity contribution in [3.63, 3.8) is 0 Å². The summed E-state index contributed by atoms with van der Waals surface area (Å²) in [5, 5.41) is 6.61. The third-order valence-electron chi connectivity index (χ3n) is 7.59. The Hall–Kier alpha value is -2.14. The monoisotopic (exact) mass is 439 g/mol. The van der Waals surface area contributed by atoms with Crippen LogP contribution in [0.4, 0.5) is 9.18 Å². The van der Waals surface area contributed by atoms with E-state index in [0.717, 1.165) is 37.7 Å². The van der Waals surface area contributed by atoms with Crippen LogP contribution in [0.3, 0.4) is 0 Å². The number of halogens is 1. The first kappa shape index (κ1) is 23.0. The van der Waals surface area contributed by atoms with Gasteiger partial charge in [-0.1, -0.05) is 49.6 Å². The van der Waals surface area contributed by atoms with Gasteiger partial charge in [0.2, 0.25) is 0 Å². The molecule has 2 N–H and O–H groups in total. The van der Waals surface area contributed by atoms with Gasteiger partial charge in [0.15, 0.2) is 0 Å². The van der Waals surface area contributed by atoms with Gasteiger partial charge in [-0.2, -0.15) is 0 Å². The molecule has 1 aliphatic heterocycles. The number of allylic oxidation sites excluding steroid dienone is 1. The number of carbonyl (C=O) groups excluding carboxylic acids is 1. The minimum absolute atomic E-state index is 0.0110. The fourth-order valence-corrected chi connectivity index (χ4v) is 5.74. The number of rotatable bonds is 6. The van der Waals surface area contributed by atoms with E-state index in [4.69, 9.17) is 0 Å². The Labute approximate surface area is 192 Å². The topological polar surface area (TPSA) is 44.4 Å². The van der Waals surface area contributed by atoms with Crippen LogP contribution in [0.5, 0.6) is 0 Å². The molecule has 0 radical (unpaired) electrons. The molecular formula is C27H38FN3O. The first-order valence-electron chi connectivity index (χ1n) is 12.3. The molecule has 4 nitrogen and oxygen atoms in total. The number of hydrogen-bond acceptors (Lipinski definition) is 2. The van der Waals surface area contributed by atoms with Crippen LogP contribution in [0.2, 0.25) is 0 Å². The van der Waals surface area contributed by atoms with Crippen LogP contribution < -0.4 is 10.6 Å². The molecule has 1 unspecified atom stereocenters. The highest BCUT2D eigenvalue weighted by Crippen LogP contribution is 2.42. The van der Waals surface area contributed by atoms with Crippen molar-refractivity contribution in [3.05, 3.63) is 58.9 Å². The van der Waals surface area contributed by atoms with E-state index in [9.17, 15) is 9.18 Å². The highest BCUT2D eigenvalue weighted by atomic mass is 19.1. The summed E-state index contributed by atoms with van der Waals surface area (Å²) in [7, 11) is 1.97. The van der Waals surface area contributed by atoms with E-state index in [0.29, 0.717) is 18.5 Å². The number of benzene rings is 1. The van der Waals surface area contributed by atoms with Crippen molar-refractivity contribution >= 4 is 6.03 Å². The summed E-state index contributed by atoms with van der Waals surface area (Å²) in [5.41, 5.74) is 3.53. The molecule has 4 rings (SSSR count). The van der Waals surface area contributed by atoms with Gasteiger partial charge in [-0.05, 0) is 81.7 Å². The first-order chi connectivity index (χ1) is 15.4. The van der Waals surface area contributed by atoms with Crippen molar-refractivity contribution in [2.75, 3.05) is 13.6 Å². The molecule has 0 bridgehead atoms. The quantitative estimate of drug-likeness (QED) is 0.582. The lowest BCUT2D eigenvalue weighted by Crippen LogP contribution is -2.63. The SMILES string of the molecule is CCCCC1CC=CC2=C(CCN(C(=O)NC3(C)CC(NC)C3)[C@H]2c2ccc(F)cc2)C1. The van der Waals surface area contributed by atoms with Gasteiger partial charge < -0.3 is 15.5 Å². The van der Waals surface area contributed by atoms with Crippen LogP contribution in [-0.2, 0) is 0 Å². The molecule has 2 aliphatic carbocycles. The molecule has 2 atom stereocenters. The molecular weight excluding hydrogens is 401 g/mol. The molecule has 1 aromatic carbocycles. The number of carbonyl (C=O) groups is 1. The van der Waals surface area contributed by atoms with Crippen molar-refractivity contribution in [2.24, 2.45) is 5.92 Å². The van der Waals surface area contributed by atoms with Crippen molar-refractivity contribution in [3.8, 4) is 0 Å². The van der Waals surface area contributed by atoms with Crippen LogP contribution in [0.25, 0.3) is 0 Å². The van der Waals surface area contributed by atoms with Crippen LogP contribution >= 0.6 is 0 Å². The Morgan fingerprint density at radius 3 is 2.69 bits per heavy atom. The predicted octanol–water partition coefficient (Wildman–Crippen LogP) is 5.88. The van der Waals surface area contributed by atoms with E-state index in [1.165, 1.54) is 42.5 Å². The first-order valence-corrected chi connectivity index (χ1v) is 12.3. The molecule has 32 heavy (non-hydrogen) atoms. The molecule has 5 heteroatoms. The van der Waals surface area contributed by atoms with Crippen LogP contribution in [0.15, 0.2) is 47.6 Å². The highest BCUT2D eigenvalue weighted by Gasteiger charge is 2.43. The van der Waals surface area contributed by atoms with E-state index in [2.05, 4.69) is 36.6 Å². The van der Waals surface area contributed by atoms with Gasteiger partial charge in [0.25, 0.3) is 0 Å². The van der Waals surface area contributed by atoms with Gasteiger partial charge >= 0.3 is 6.03 Å². The van der Waals surface area contributed by atoms with Gasteiger partial charge in [0, 0.05) is 18.1 Å². The Bertz CT molecular complexity index is 869. The lowest BCUT2D eigenvalue weighted by Gasteiger charge is -2.48. The smallest absolute Gasteiger partial charge is 0.318 e. The van der Waals surface area contributed by atoms with Crippen molar-refractivity contribution in [2.45, 2.75) is 82.8 Å². The summed E-state index contributed by atoms with van der Waals surface area (Å²) in [4.78, 5) is 15.5. The molecule has 1 saturated carbocycles. The summed E-state index contributed by atoms with van der Waals surface area (Å²) in [5.74, 6) is 0.436. The average Bonchev–Trinajstić information content (AvgIpc) is 2.97. The fraction of sp³-hybridized carbons (Fsp3) is 0.593. The summed E-state index contributed by atoms with van der Waals surface area (Å²) in [6.45, 7) is 5.08. The van der Waals surface area contributed by atoms with Gasteiger partial charge in [-0.15, -0.1) is 0 Å². The lowest BCUT2D eigenvalue weighted by molar-refractivity contribution is 0.127. The van der Waals surface area contributed by atoms with E-state index in [-0.39, 0.29) is 23.4 Å². The standard InChI is InChI=1S/C27H38FN3O/c1-4-5-7-19-8-6-9-24-21(16-19)14-15-31(25(24)20-10-12-22(28)13-11-20)26(32)30-27(2)17-23(18-27)29-3/h6,9-13,19,23,25,29H,4-5,7-8,14-18H2,1-3H3,(H,30,32)/t19?,23?,25-,27?/m0/s1. The number of nitrogens with one attached hydrogen (secondary N) is 2. The number of unbranched alkanes of at least 4 members (excludes halogenated alkanes) is 1. The summed E-state index contributed by atoms with van der Waals surface area (Å²) >= 11 is 0. The predicted molar refractivity (Wildman–Crippen MR) is 128 cm³/mol. The second-order valence-electron chi connectivity index (χ2n) is 10.2. The van der Waals surface area contributed by atoms with Crippen LogP contribution in [0, 0.1) is 11.7 Å². The summed E-state index contributed by atoms with van der Waals surface area (Å²) < 4.78 is 13.7. The minimum atomic E-state index is -0.245. The van der Waals surface area contributed by atoms with Crippen molar-refractivity contribution in [1.29, 1.82) is 0 Å². The number of urea groups is 1.